The molecule has 4 aromatic rings. The first kappa shape index (κ1) is 16.6. The van der Waals surface area contributed by atoms with E-state index in [-0.39, 0.29) is 17.9 Å². The van der Waals surface area contributed by atoms with Crippen molar-refractivity contribution in [3.8, 4) is 11.5 Å². The molecule has 1 fully saturated rings. The minimum absolute atomic E-state index is 0.0494. The Bertz CT molecular complexity index is 1170. The van der Waals surface area contributed by atoms with E-state index in [0.29, 0.717) is 35.6 Å². The number of nitrogens with two attached hydrogens (primary N) is 1. The van der Waals surface area contributed by atoms with Gasteiger partial charge in [-0.25, -0.2) is 18.3 Å². The molecular weight excluding hydrogens is 368 g/mol. The topological polar surface area (TPSA) is 98.4 Å². The molecule has 0 aliphatic carbocycles. The number of benzene rings is 1. The van der Waals surface area contributed by atoms with Crippen molar-refractivity contribution in [2.24, 2.45) is 0 Å². The van der Waals surface area contributed by atoms with Crippen LogP contribution < -0.4 is 10.6 Å². The first-order valence-electron chi connectivity index (χ1n) is 8.75. The highest BCUT2D eigenvalue weighted by molar-refractivity contribution is 5.72. The van der Waals surface area contributed by atoms with E-state index in [1.54, 1.807) is 23.0 Å². The number of hydrogen-bond acceptors (Lipinski definition) is 7. The van der Waals surface area contributed by atoms with Gasteiger partial charge in [-0.2, -0.15) is 5.10 Å². The summed E-state index contributed by atoms with van der Waals surface area (Å²) < 4.78 is 34.9. The number of fused-ring (bicyclic) bond motifs is 1. The summed E-state index contributed by atoms with van der Waals surface area (Å²) >= 11 is 0. The van der Waals surface area contributed by atoms with E-state index < -0.39 is 11.6 Å². The van der Waals surface area contributed by atoms with Crippen LogP contribution in [0.15, 0.2) is 41.1 Å². The zero-order valence-corrected chi connectivity index (χ0v) is 14.6. The summed E-state index contributed by atoms with van der Waals surface area (Å²) in [5.74, 6) is -0.0383. The second-order valence-corrected chi connectivity index (χ2v) is 6.57. The van der Waals surface area contributed by atoms with Crippen LogP contribution in [0.25, 0.3) is 17.1 Å². The minimum atomic E-state index is -0.460. The Labute approximate surface area is 157 Å². The predicted molar refractivity (Wildman–Crippen MR) is 96.4 cm³/mol. The maximum Gasteiger partial charge on any atom is 0.313 e. The van der Waals surface area contributed by atoms with E-state index in [1.165, 1.54) is 6.07 Å². The van der Waals surface area contributed by atoms with Crippen molar-refractivity contribution in [3.05, 3.63) is 53.9 Å². The Hall–Kier alpha value is -3.56. The van der Waals surface area contributed by atoms with Crippen LogP contribution in [-0.2, 0) is 0 Å². The summed E-state index contributed by atoms with van der Waals surface area (Å²) in [6.07, 6.45) is 4.87. The van der Waals surface area contributed by atoms with E-state index in [1.807, 2.05) is 4.90 Å². The Balaban J connectivity index is 1.57. The number of nitrogens with zero attached hydrogens (tertiary/aromatic N) is 6. The highest BCUT2D eigenvalue weighted by Crippen LogP contribution is 2.37. The van der Waals surface area contributed by atoms with Crippen molar-refractivity contribution in [2.45, 2.75) is 18.9 Å². The molecule has 5 rings (SSSR count). The third-order valence-corrected chi connectivity index (χ3v) is 4.89. The van der Waals surface area contributed by atoms with Gasteiger partial charge in [0, 0.05) is 18.3 Å². The molecule has 8 nitrogen and oxygen atoms in total. The summed E-state index contributed by atoms with van der Waals surface area (Å²) in [5, 5.41) is 11.8. The van der Waals surface area contributed by atoms with Gasteiger partial charge in [-0.3, -0.25) is 0 Å². The van der Waals surface area contributed by atoms with Gasteiger partial charge in [0.25, 0.3) is 5.89 Å². The van der Waals surface area contributed by atoms with Crippen molar-refractivity contribution in [1.82, 2.24) is 24.8 Å². The molecule has 1 saturated heterocycles. The minimum Gasteiger partial charge on any atom is -0.403 e. The monoisotopic (exact) mass is 383 g/mol. The van der Waals surface area contributed by atoms with Gasteiger partial charge in [0.2, 0.25) is 0 Å². The highest BCUT2D eigenvalue weighted by atomic mass is 19.1. The largest absolute Gasteiger partial charge is 0.403 e. The second-order valence-electron chi connectivity index (χ2n) is 6.57. The molecular formula is C18H15F2N7O. The highest BCUT2D eigenvalue weighted by Gasteiger charge is 2.30. The fourth-order valence-electron chi connectivity index (χ4n) is 3.65. The molecule has 28 heavy (non-hydrogen) atoms. The molecule has 3 aromatic heterocycles. The summed E-state index contributed by atoms with van der Waals surface area (Å²) in [5.41, 5.74) is 6.88. The first-order valence-corrected chi connectivity index (χ1v) is 8.75. The molecule has 1 aromatic carbocycles. The molecule has 4 heterocycles. The number of nitrogen functional groups attached to an aromatic ring is 1. The third kappa shape index (κ3) is 2.65. The van der Waals surface area contributed by atoms with Crippen molar-refractivity contribution in [2.75, 3.05) is 17.2 Å². The summed E-state index contributed by atoms with van der Waals surface area (Å²) in [6.45, 7) is 0.681. The van der Waals surface area contributed by atoms with Crippen LogP contribution >= 0.6 is 0 Å². The number of halogens is 2. The van der Waals surface area contributed by atoms with Crippen LogP contribution in [0.3, 0.4) is 0 Å². The Morgan fingerprint density at radius 3 is 2.89 bits per heavy atom. The maximum absolute atomic E-state index is 14.3. The van der Waals surface area contributed by atoms with E-state index in [9.17, 15) is 8.78 Å². The van der Waals surface area contributed by atoms with Gasteiger partial charge < -0.3 is 15.1 Å². The fourth-order valence-corrected chi connectivity index (χ4v) is 3.65. The van der Waals surface area contributed by atoms with Crippen LogP contribution in [0.2, 0.25) is 0 Å². The summed E-state index contributed by atoms with van der Waals surface area (Å²) in [4.78, 5) is 6.64. The van der Waals surface area contributed by atoms with Crippen molar-refractivity contribution in [3.63, 3.8) is 0 Å². The maximum atomic E-state index is 14.3. The van der Waals surface area contributed by atoms with Gasteiger partial charge >= 0.3 is 6.01 Å². The third-order valence-electron chi connectivity index (χ3n) is 4.89. The zero-order valence-electron chi connectivity index (χ0n) is 14.6. The van der Waals surface area contributed by atoms with Gasteiger partial charge in [-0.1, -0.05) is 5.10 Å². The van der Waals surface area contributed by atoms with Gasteiger partial charge in [-0.15, -0.1) is 5.10 Å². The molecule has 1 aliphatic rings. The molecule has 1 unspecified atom stereocenters. The summed E-state index contributed by atoms with van der Waals surface area (Å²) in [7, 11) is 0. The molecule has 1 atom stereocenters. The Morgan fingerprint density at radius 1 is 1.18 bits per heavy atom. The molecule has 0 saturated carbocycles. The number of aromatic nitrogens is 5. The second kappa shape index (κ2) is 6.25. The smallest absolute Gasteiger partial charge is 0.313 e. The van der Waals surface area contributed by atoms with E-state index in [2.05, 4.69) is 20.3 Å². The number of hydrogen-bond donors (Lipinski definition) is 1. The van der Waals surface area contributed by atoms with Crippen LogP contribution in [-0.4, -0.2) is 31.3 Å². The van der Waals surface area contributed by atoms with Crippen LogP contribution in [0, 0.1) is 11.6 Å². The predicted octanol–water partition coefficient (Wildman–Crippen LogP) is 2.98. The number of rotatable bonds is 3. The van der Waals surface area contributed by atoms with Crippen LogP contribution in [0.4, 0.5) is 20.6 Å². The molecule has 10 heteroatoms. The van der Waals surface area contributed by atoms with Gasteiger partial charge in [0.05, 0.1) is 12.2 Å². The molecule has 142 valence electrons. The molecule has 2 N–H and O–H groups in total. The molecule has 1 aliphatic heterocycles. The lowest BCUT2D eigenvalue weighted by molar-refractivity contribution is 0.560. The first-order chi connectivity index (χ1) is 13.6. The van der Waals surface area contributed by atoms with E-state index in [0.717, 1.165) is 18.6 Å². The molecule has 0 spiro atoms. The van der Waals surface area contributed by atoms with Crippen molar-refractivity contribution < 1.29 is 13.2 Å². The Morgan fingerprint density at radius 2 is 2.07 bits per heavy atom. The quantitative estimate of drug-likeness (QED) is 0.581. The van der Waals surface area contributed by atoms with E-state index in [4.69, 9.17) is 10.2 Å². The lowest BCUT2D eigenvalue weighted by atomic mass is 10.0. The fraction of sp³-hybridized carbons (Fsp3) is 0.222. The van der Waals surface area contributed by atoms with Gasteiger partial charge in [-0.05, 0) is 37.1 Å². The summed E-state index contributed by atoms with van der Waals surface area (Å²) in [6, 6.07) is 4.98. The standard InChI is InChI=1S/C18H15F2N7O/c19-10-3-4-13(20)11(8-10)14-2-1-6-26(14)15-5-7-27-16(23-15)12(9-22-27)17-24-25-18(21)28-17/h3-5,7-9,14H,1-2,6H2,(H2,21,25). The van der Waals surface area contributed by atoms with Crippen molar-refractivity contribution >= 4 is 17.5 Å². The zero-order chi connectivity index (χ0) is 19.3. The van der Waals surface area contributed by atoms with Gasteiger partial charge in [0.1, 0.15) is 23.0 Å². The average Bonchev–Trinajstić information content (AvgIpc) is 3.42. The number of anilines is 2. The molecule has 0 amide bonds. The van der Waals surface area contributed by atoms with Crippen LogP contribution in [0.1, 0.15) is 24.4 Å². The Kier molecular flexibility index (Phi) is 3.71. The SMILES string of the molecule is Nc1nnc(-c2cnn3ccc(N4CCCC4c4cc(F)ccc4F)nc23)o1. The lowest BCUT2D eigenvalue weighted by Crippen LogP contribution is -2.24. The lowest BCUT2D eigenvalue weighted by Gasteiger charge is -2.26. The van der Waals surface area contributed by atoms with Gasteiger partial charge in [0.15, 0.2) is 5.65 Å². The van der Waals surface area contributed by atoms with Crippen LogP contribution in [0.5, 0.6) is 0 Å². The normalized spacial score (nSPS) is 16.9. The molecule has 0 radical (unpaired) electrons. The average molecular weight is 383 g/mol. The van der Waals surface area contributed by atoms with E-state index >= 15 is 0 Å². The molecule has 0 bridgehead atoms. The van der Waals surface area contributed by atoms with Crippen molar-refractivity contribution in [1.29, 1.82) is 0 Å².